The second kappa shape index (κ2) is 7.77. The molecule has 0 bridgehead atoms. The van der Waals surface area contributed by atoms with Crippen LogP contribution in [0.5, 0.6) is 5.75 Å². The second-order valence-electron chi connectivity index (χ2n) is 6.94. The van der Waals surface area contributed by atoms with Crippen LogP contribution in [0, 0.1) is 5.92 Å². The van der Waals surface area contributed by atoms with E-state index >= 15 is 0 Å². The normalized spacial score (nSPS) is 18.5. The van der Waals surface area contributed by atoms with E-state index in [0.29, 0.717) is 18.8 Å². The first-order valence-electron chi connectivity index (χ1n) is 8.70. The average molecular weight is 378 g/mol. The van der Waals surface area contributed by atoms with Crippen molar-refractivity contribution in [3.8, 4) is 5.75 Å². The molecule has 0 spiro atoms. The first-order valence-corrected chi connectivity index (χ1v) is 10.1. The Hall–Kier alpha value is -1.90. The number of benzene rings is 1. The third kappa shape index (κ3) is 4.08. The van der Waals surface area contributed by atoms with Crippen LogP contribution >= 0.6 is 0 Å². The molecule has 0 saturated carbocycles. The largest absolute Gasteiger partial charge is 0.497 e. The predicted octanol–water partition coefficient (Wildman–Crippen LogP) is 1.66. The van der Waals surface area contributed by atoms with Gasteiger partial charge in [0, 0.05) is 19.3 Å². The summed E-state index contributed by atoms with van der Waals surface area (Å²) in [6, 6.07) is 8.46. The monoisotopic (exact) mass is 378 g/mol. The molecule has 0 amide bonds. The fourth-order valence-electron chi connectivity index (χ4n) is 3.20. The van der Waals surface area contributed by atoms with E-state index in [-0.39, 0.29) is 10.8 Å². The van der Waals surface area contributed by atoms with E-state index in [1.165, 1.54) is 0 Å². The summed E-state index contributed by atoms with van der Waals surface area (Å²) in [5.41, 5.74) is 0.925. The standard InChI is InChI=1S/C18H26N4O3S/c1-20(2)11-9-15-12-21(14-16-8-10-19-22(16)13-15)26(23,24)18-6-4-17(25-3)5-7-18/h4-8,10,15H,9,11-14H2,1-3H3/t15-/m1/s1. The summed E-state index contributed by atoms with van der Waals surface area (Å²) < 4.78 is 35.0. The van der Waals surface area contributed by atoms with Crippen molar-refractivity contribution >= 4 is 10.0 Å². The van der Waals surface area contributed by atoms with Crippen LogP contribution < -0.4 is 4.74 Å². The van der Waals surface area contributed by atoms with Gasteiger partial charge in [-0.3, -0.25) is 4.68 Å². The molecular formula is C18H26N4O3S. The van der Waals surface area contributed by atoms with Crippen molar-refractivity contribution in [1.29, 1.82) is 0 Å². The molecular weight excluding hydrogens is 352 g/mol. The van der Waals surface area contributed by atoms with Gasteiger partial charge in [0.15, 0.2) is 0 Å². The van der Waals surface area contributed by atoms with Gasteiger partial charge in [0.05, 0.1) is 24.2 Å². The number of nitrogens with zero attached hydrogens (tertiary/aromatic N) is 4. The Labute approximate surface area is 155 Å². The van der Waals surface area contributed by atoms with E-state index in [0.717, 1.165) is 25.2 Å². The molecule has 26 heavy (non-hydrogen) atoms. The fourth-order valence-corrected chi connectivity index (χ4v) is 4.68. The molecule has 0 fully saturated rings. The van der Waals surface area contributed by atoms with Crippen LogP contribution in [0.3, 0.4) is 0 Å². The van der Waals surface area contributed by atoms with Crippen molar-refractivity contribution in [1.82, 2.24) is 19.0 Å². The van der Waals surface area contributed by atoms with Gasteiger partial charge in [0.2, 0.25) is 10.0 Å². The number of methoxy groups -OCH3 is 1. The average Bonchev–Trinajstić information content (AvgIpc) is 2.97. The summed E-state index contributed by atoms with van der Waals surface area (Å²) in [6.07, 6.45) is 2.66. The molecule has 0 radical (unpaired) electrons. The Morgan fingerprint density at radius 3 is 2.58 bits per heavy atom. The van der Waals surface area contributed by atoms with E-state index < -0.39 is 10.0 Å². The maximum atomic E-state index is 13.2. The maximum absolute atomic E-state index is 13.2. The molecule has 1 aliphatic heterocycles. The summed E-state index contributed by atoms with van der Waals surface area (Å²) in [6.45, 7) is 2.49. The molecule has 2 heterocycles. The quantitative estimate of drug-likeness (QED) is 0.765. The van der Waals surface area contributed by atoms with Crippen LogP contribution in [-0.2, 0) is 23.1 Å². The van der Waals surface area contributed by atoms with Gasteiger partial charge < -0.3 is 9.64 Å². The zero-order valence-corrected chi connectivity index (χ0v) is 16.3. The Kier molecular flexibility index (Phi) is 5.64. The Balaban J connectivity index is 1.88. The van der Waals surface area contributed by atoms with Gasteiger partial charge in [-0.1, -0.05) is 0 Å². The molecule has 142 valence electrons. The topological polar surface area (TPSA) is 67.7 Å². The summed E-state index contributed by atoms with van der Waals surface area (Å²) in [4.78, 5) is 2.41. The minimum absolute atomic E-state index is 0.214. The lowest BCUT2D eigenvalue weighted by atomic mass is 10.1. The summed E-state index contributed by atoms with van der Waals surface area (Å²) in [5.74, 6) is 0.855. The third-order valence-corrected chi connectivity index (χ3v) is 6.54. The van der Waals surface area contributed by atoms with Crippen molar-refractivity contribution in [2.24, 2.45) is 5.92 Å². The number of rotatable bonds is 6. The van der Waals surface area contributed by atoms with Crippen LogP contribution in [0.15, 0.2) is 41.4 Å². The molecule has 1 atom stereocenters. The number of fused-ring (bicyclic) bond motifs is 1. The Morgan fingerprint density at radius 2 is 1.92 bits per heavy atom. The highest BCUT2D eigenvalue weighted by molar-refractivity contribution is 7.89. The maximum Gasteiger partial charge on any atom is 0.243 e. The fraction of sp³-hybridized carbons (Fsp3) is 0.500. The number of hydrogen-bond acceptors (Lipinski definition) is 5. The molecule has 7 nitrogen and oxygen atoms in total. The summed E-state index contributed by atoms with van der Waals surface area (Å²) >= 11 is 0. The molecule has 1 aromatic heterocycles. The number of sulfonamides is 1. The molecule has 0 unspecified atom stereocenters. The lowest BCUT2D eigenvalue weighted by molar-refractivity contribution is 0.285. The molecule has 0 N–H and O–H groups in total. The van der Waals surface area contributed by atoms with Gasteiger partial charge >= 0.3 is 0 Å². The van der Waals surface area contributed by atoms with Gasteiger partial charge in [-0.25, -0.2) is 8.42 Å². The predicted molar refractivity (Wildman–Crippen MR) is 99.5 cm³/mol. The third-order valence-electron chi connectivity index (χ3n) is 4.72. The van der Waals surface area contributed by atoms with Gasteiger partial charge in [0.25, 0.3) is 0 Å². The minimum atomic E-state index is -3.58. The molecule has 0 aliphatic carbocycles. The molecule has 8 heteroatoms. The lowest BCUT2D eigenvalue weighted by Crippen LogP contribution is -2.34. The van der Waals surface area contributed by atoms with Crippen LogP contribution in [0.2, 0.25) is 0 Å². The van der Waals surface area contributed by atoms with Gasteiger partial charge in [-0.2, -0.15) is 9.40 Å². The van der Waals surface area contributed by atoms with Crippen LogP contribution in [-0.4, -0.2) is 61.7 Å². The minimum Gasteiger partial charge on any atom is -0.497 e. The lowest BCUT2D eigenvalue weighted by Gasteiger charge is -2.24. The van der Waals surface area contributed by atoms with Crippen molar-refractivity contribution in [2.45, 2.75) is 24.4 Å². The second-order valence-corrected chi connectivity index (χ2v) is 8.87. The highest BCUT2D eigenvalue weighted by atomic mass is 32.2. The highest BCUT2D eigenvalue weighted by Crippen LogP contribution is 2.26. The molecule has 3 rings (SSSR count). The first kappa shape index (κ1) is 18.9. The van der Waals surface area contributed by atoms with E-state index in [2.05, 4.69) is 10.00 Å². The number of aromatic nitrogens is 2. The van der Waals surface area contributed by atoms with Crippen molar-refractivity contribution in [3.63, 3.8) is 0 Å². The van der Waals surface area contributed by atoms with Crippen LogP contribution in [0.25, 0.3) is 0 Å². The van der Waals surface area contributed by atoms with E-state index in [9.17, 15) is 8.42 Å². The number of hydrogen-bond donors (Lipinski definition) is 0. The highest BCUT2D eigenvalue weighted by Gasteiger charge is 2.31. The van der Waals surface area contributed by atoms with Crippen molar-refractivity contribution < 1.29 is 13.2 Å². The van der Waals surface area contributed by atoms with Gasteiger partial charge in [0.1, 0.15) is 5.75 Å². The van der Waals surface area contributed by atoms with Gasteiger partial charge in [-0.05, 0) is 63.3 Å². The molecule has 1 aliphatic rings. The smallest absolute Gasteiger partial charge is 0.243 e. The first-order chi connectivity index (χ1) is 12.4. The number of ether oxygens (including phenoxy) is 1. The van der Waals surface area contributed by atoms with Crippen LogP contribution in [0.1, 0.15) is 12.1 Å². The van der Waals surface area contributed by atoms with Gasteiger partial charge in [-0.15, -0.1) is 0 Å². The molecule has 0 saturated heterocycles. The zero-order chi connectivity index (χ0) is 18.7. The summed E-state index contributed by atoms with van der Waals surface area (Å²) in [5, 5.41) is 4.37. The molecule has 1 aromatic carbocycles. The Morgan fingerprint density at radius 1 is 1.19 bits per heavy atom. The van der Waals surface area contributed by atoms with E-state index in [1.54, 1.807) is 41.9 Å². The van der Waals surface area contributed by atoms with Crippen LogP contribution in [0.4, 0.5) is 0 Å². The SMILES string of the molecule is COc1ccc(S(=O)(=O)N2Cc3ccnn3C[C@H](CCN(C)C)C2)cc1. The summed E-state index contributed by atoms with van der Waals surface area (Å²) in [7, 11) is 2.04. The zero-order valence-electron chi connectivity index (χ0n) is 15.5. The van der Waals surface area contributed by atoms with E-state index in [1.807, 2.05) is 24.8 Å². The van der Waals surface area contributed by atoms with Crippen molar-refractivity contribution in [3.05, 3.63) is 42.2 Å². The van der Waals surface area contributed by atoms with E-state index in [4.69, 9.17) is 4.74 Å². The molecule has 2 aromatic rings. The van der Waals surface area contributed by atoms with Crippen molar-refractivity contribution in [2.75, 3.05) is 34.3 Å². The Bertz CT molecular complexity index is 830.